The Kier molecular flexibility index (Phi) is 5.76. The normalized spacial score (nSPS) is 10.9. The topological polar surface area (TPSA) is 48.0 Å². The van der Waals surface area contributed by atoms with E-state index >= 15 is 0 Å². The average Bonchev–Trinajstić information content (AvgIpc) is 3.26. The van der Waals surface area contributed by atoms with E-state index in [9.17, 15) is 0 Å². The summed E-state index contributed by atoms with van der Waals surface area (Å²) >= 11 is 1.38. The minimum atomic E-state index is 0. The van der Waals surface area contributed by atoms with Crippen LogP contribution in [0.25, 0.3) is 32.1 Å². The summed E-state index contributed by atoms with van der Waals surface area (Å²) in [7, 11) is 0. The molecule has 0 bridgehead atoms. The monoisotopic (exact) mass is 565 g/mol. The number of hydrogen-bond acceptors (Lipinski definition) is 4. The van der Waals surface area contributed by atoms with Crippen molar-refractivity contribution in [2.45, 2.75) is 33.6 Å². The van der Waals surface area contributed by atoms with Gasteiger partial charge in [0, 0.05) is 25.8 Å². The zero-order valence-corrected chi connectivity index (χ0v) is 19.2. The van der Waals surface area contributed by atoms with Crippen molar-refractivity contribution < 1.29 is 20.1 Å². The summed E-state index contributed by atoms with van der Waals surface area (Å²) in [5.41, 5.74) is 6.43. The molecule has 0 aliphatic carbocycles. The van der Waals surface area contributed by atoms with Crippen molar-refractivity contribution in [1.82, 2.24) is 19.7 Å². The van der Waals surface area contributed by atoms with Crippen LogP contribution < -0.4 is 0 Å². The Morgan fingerprint density at radius 2 is 1.89 bits per heavy atom. The Bertz CT molecular complexity index is 1180. The number of hydrogen-bond donors (Lipinski definition) is 0. The fourth-order valence-corrected chi connectivity index (χ4v) is 4.09. The Morgan fingerprint density at radius 3 is 2.54 bits per heavy atom. The van der Waals surface area contributed by atoms with Crippen LogP contribution in [0, 0.1) is 26.5 Å². The van der Waals surface area contributed by atoms with E-state index in [0.717, 1.165) is 27.3 Å². The van der Waals surface area contributed by atoms with E-state index in [0.29, 0.717) is 11.0 Å². The van der Waals surface area contributed by atoms with E-state index in [4.69, 9.17) is 6.57 Å². The molecule has 5 nitrogen and oxygen atoms in total. The Hall–Kier alpha value is -2.39. The van der Waals surface area contributed by atoms with Crippen LogP contribution in [0.15, 0.2) is 30.6 Å². The average molecular weight is 565 g/mol. The number of rotatable bonds is 3. The maximum atomic E-state index is 7.15. The van der Waals surface area contributed by atoms with E-state index in [2.05, 4.69) is 65.9 Å². The van der Waals surface area contributed by atoms with Crippen LogP contribution in [-0.4, -0.2) is 19.7 Å². The molecule has 1 radical (unpaired) electrons. The molecule has 0 spiro atoms. The third-order valence-corrected chi connectivity index (χ3v) is 5.53. The Balaban J connectivity index is 0.00000225. The molecule has 0 N–H and O–H groups in total. The summed E-state index contributed by atoms with van der Waals surface area (Å²) in [4.78, 5) is 7.70. The van der Waals surface area contributed by atoms with Gasteiger partial charge in [-0.1, -0.05) is 38.6 Å². The quantitative estimate of drug-likeness (QED) is 0.303. The maximum absolute atomic E-state index is 7.15. The number of nitrogens with zero attached hydrogens (tertiary/aromatic N) is 5. The van der Waals surface area contributed by atoms with Crippen molar-refractivity contribution >= 4 is 26.7 Å². The van der Waals surface area contributed by atoms with E-state index in [1.165, 1.54) is 28.0 Å². The van der Waals surface area contributed by atoms with E-state index in [1.807, 2.05) is 16.7 Å². The summed E-state index contributed by atoms with van der Waals surface area (Å²) in [5, 5.41) is 8.93. The van der Waals surface area contributed by atoms with Gasteiger partial charge in [-0.05, 0) is 41.2 Å². The fraction of sp³-hybridized carbons (Fsp3) is 0.238. The molecule has 0 aliphatic rings. The smallest absolute Gasteiger partial charge is 0.319 e. The van der Waals surface area contributed by atoms with Gasteiger partial charge in [-0.25, -0.2) is 0 Å². The molecule has 2 aromatic heterocycles. The number of aromatic nitrogens is 4. The zero-order valence-electron chi connectivity index (χ0n) is 15.9. The summed E-state index contributed by atoms with van der Waals surface area (Å²) < 4.78 is 2.97. The molecule has 0 atom stereocenters. The van der Waals surface area contributed by atoms with Gasteiger partial charge in [0.1, 0.15) is 6.33 Å². The largest absolute Gasteiger partial charge is 0.352 e. The first-order chi connectivity index (χ1) is 13.0. The molecule has 28 heavy (non-hydrogen) atoms. The Morgan fingerprint density at radius 1 is 1.18 bits per heavy atom. The molecule has 0 saturated carbocycles. The summed E-state index contributed by atoms with van der Waals surface area (Å²) in [6.07, 6.45) is 1.75. The van der Waals surface area contributed by atoms with Crippen LogP contribution in [0.4, 0.5) is 5.13 Å². The first kappa shape index (κ1) is 20.3. The first-order valence-corrected chi connectivity index (χ1v) is 9.51. The maximum Gasteiger partial charge on any atom is 0.319 e. The van der Waals surface area contributed by atoms with Crippen molar-refractivity contribution in [3.63, 3.8) is 0 Å². The first-order valence-electron chi connectivity index (χ1n) is 8.69. The number of benzene rings is 2. The summed E-state index contributed by atoms with van der Waals surface area (Å²) in [5.74, 6) is 1.22. The van der Waals surface area contributed by atoms with Crippen molar-refractivity contribution in [3.05, 3.63) is 64.8 Å². The molecule has 0 saturated heterocycles. The Labute approximate surface area is 181 Å². The van der Waals surface area contributed by atoms with Crippen LogP contribution >= 0.6 is 11.3 Å². The van der Waals surface area contributed by atoms with Crippen molar-refractivity contribution in [2.75, 3.05) is 0 Å². The third-order valence-electron chi connectivity index (χ3n) is 4.61. The van der Waals surface area contributed by atoms with E-state index < -0.39 is 0 Å². The van der Waals surface area contributed by atoms with Crippen LogP contribution in [-0.2, 0) is 20.1 Å². The van der Waals surface area contributed by atoms with Gasteiger partial charge in [0.15, 0.2) is 0 Å². The SMILES string of the molecule is [C-]#[N+]c1nc2c[c-]c(-c3nncn3-c3c(C)cc(C(C)C)cc3C)cc2s1.[Ir]. The minimum Gasteiger partial charge on any atom is -0.352 e. The molecule has 2 aromatic carbocycles. The minimum absolute atomic E-state index is 0. The molecule has 4 rings (SSSR count). The fourth-order valence-electron chi connectivity index (χ4n) is 3.32. The van der Waals surface area contributed by atoms with Crippen molar-refractivity contribution in [3.8, 4) is 17.1 Å². The molecule has 0 fully saturated rings. The second-order valence-corrected chi connectivity index (χ2v) is 7.90. The predicted molar refractivity (Wildman–Crippen MR) is 109 cm³/mol. The van der Waals surface area contributed by atoms with Crippen LogP contribution in [0.5, 0.6) is 0 Å². The molecule has 7 heteroatoms. The van der Waals surface area contributed by atoms with Gasteiger partial charge in [-0.3, -0.25) is 0 Å². The second-order valence-electron chi connectivity index (χ2n) is 6.89. The van der Waals surface area contributed by atoms with Gasteiger partial charge in [0.2, 0.25) is 0 Å². The van der Waals surface area contributed by atoms with Gasteiger partial charge in [0.25, 0.3) is 0 Å². The summed E-state index contributed by atoms with van der Waals surface area (Å²) in [6.45, 7) is 15.8. The van der Waals surface area contributed by atoms with Gasteiger partial charge < -0.3 is 9.41 Å². The van der Waals surface area contributed by atoms with Crippen LogP contribution in [0.2, 0.25) is 0 Å². The van der Waals surface area contributed by atoms with Gasteiger partial charge in [-0.15, -0.1) is 34.1 Å². The number of aryl methyl sites for hydroxylation is 2. The molecule has 2 heterocycles. The van der Waals surface area contributed by atoms with E-state index in [-0.39, 0.29) is 20.1 Å². The van der Waals surface area contributed by atoms with Crippen LogP contribution in [0.3, 0.4) is 0 Å². The molecule has 0 amide bonds. The molecular weight excluding hydrogens is 547 g/mol. The van der Waals surface area contributed by atoms with Crippen molar-refractivity contribution in [2.24, 2.45) is 0 Å². The third kappa shape index (κ3) is 3.51. The molecule has 4 aromatic rings. The molecule has 143 valence electrons. The van der Waals surface area contributed by atoms with Crippen LogP contribution in [0.1, 0.15) is 36.5 Å². The zero-order chi connectivity index (χ0) is 19.1. The number of thiazole rings is 1. The standard InChI is InChI=1S/C21H18N5S.Ir/c1-12(2)16-8-13(3)19(14(4)9-16)26-11-23-25-20(26)15-6-7-17-18(10-15)27-21(22-5)24-17;/h7-12H,1-4H3;/q-1;. The molecular formula is C21H18IrN5S-. The molecule has 0 aliphatic heterocycles. The summed E-state index contributed by atoms with van der Waals surface area (Å²) in [6, 6.07) is 11.5. The van der Waals surface area contributed by atoms with Gasteiger partial charge in [-0.2, -0.15) is 10.1 Å². The van der Waals surface area contributed by atoms with Crippen molar-refractivity contribution in [1.29, 1.82) is 0 Å². The molecule has 0 unspecified atom stereocenters. The van der Waals surface area contributed by atoms with Gasteiger partial charge >= 0.3 is 5.13 Å². The second kappa shape index (κ2) is 7.92. The number of fused-ring (bicyclic) bond motifs is 1. The van der Waals surface area contributed by atoms with E-state index in [1.54, 1.807) is 6.33 Å². The van der Waals surface area contributed by atoms with Gasteiger partial charge in [0.05, 0.1) is 11.3 Å². The predicted octanol–water partition coefficient (Wildman–Crippen LogP) is 5.63.